The predicted octanol–water partition coefficient (Wildman–Crippen LogP) is 10.2. The third kappa shape index (κ3) is 6.93. The number of halogens is 2. The van der Waals surface area contributed by atoms with Crippen molar-refractivity contribution >= 4 is 45.3 Å². The first-order valence-corrected chi connectivity index (χ1v) is 12.5. The smallest absolute Gasteiger partial charge is 0.119 e. The third-order valence-electron chi connectivity index (χ3n) is 5.87. The Hall–Kier alpha value is -2.68. The minimum atomic E-state index is 0.0529. The maximum atomic E-state index is 6.20. The lowest BCUT2D eigenvalue weighted by Crippen LogP contribution is -2.13. The lowest BCUT2D eigenvalue weighted by Gasteiger charge is -2.24. The molecule has 0 saturated carbocycles. The number of methoxy groups -OCH3 is 1. The van der Waals surface area contributed by atoms with Gasteiger partial charge in [-0.05, 0) is 63.1 Å². The Morgan fingerprint density at radius 2 is 1.26 bits per heavy atom. The van der Waals surface area contributed by atoms with Crippen LogP contribution >= 0.6 is 23.2 Å². The van der Waals surface area contributed by atoms with Crippen LogP contribution in [0.3, 0.4) is 0 Å². The fraction of sp³-hybridized carbons (Fsp3) is 0.290. The number of rotatable bonds is 3. The summed E-state index contributed by atoms with van der Waals surface area (Å²) in [5, 5.41) is 7.10. The molecule has 4 aromatic rings. The molecule has 0 amide bonds. The van der Waals surface area contributed by atoms with Crippen molar-refractivity contribution < 1.29 is 4.74 Å². The van der Waals surface area contributed by atoms with Gasteiger partial charge in [-0.3, -0.25) is 0 Å². The molecule has 0 aliphatic heterocycles. The molecule has 0 radical (unpaired) electrons. The van der Waals surface area contributed by atoms with Crippen LogP contribution in [-0.2, 0) is 10.8 Å². The van der Waals surface area contributed by atoms with Gasteiger partial charge in [-0.15, -0.1) is 0 Å². The average molecular weight is 509 g/mol. The molecule has 0 atom stereocenters. The van der Waals surface area contributed by atoms with Crippen molar-refractivity contribution in [2.75, 3.05) is 12.4 Å². The fourth-order valence-corrected chi connectivity index (χ4v) is 4.31. The zero-order valence-electron chi connectivity index (χ0n) is 21.7. The highest BCUT2D eigenvalue weighted by molar-refractivity contribution is 6.39. The number of nitrogens with one attached hydrogen (secondary N) is 1. The lowest BCUT2D eigenvalue weighted by molar-refractivity contribution is 0.415. The summed E-state index contributed by atoms with van der Waals surface area (Å²) in [6.45, 7) is 13.2. The van der Waals surface area contributed by atoms with E-state index in [9.17, 15) is 0 Å². The van der Waals surface area contributed by atoms with E-state index in [0.29, 0.717) is 10.0 Å². The molecule has 0 aromatic heterocycles. The summed E-state index contributed by atoms with van der Waals surface area (Å²) in [6, 6.07) is 26.5. The van der Waals surface area contributed by atoms with Crippen molar-refractivity contribution in [1.29, 1.82) is 0 Å². The van der Waals surface area contributed by atoms with E-state index in [-0.39, 0.29) is 10.8 Å². The molecule has 4 aromatic carbocycles. The molecule has 184 valence electrons. The molecule has 0 aliphatic carbocycles. The Balaban J connectivity index is 0.000000198. The topological polar surface area (TPSA) is 21.3 Å². The maximum Gasteiger partial charge on any atom is 0.119 e. The van der Waals surface area contributed by atoms with Crippen LogP contribution in [0, 0.1) is 0 Å². The van der Waals surface area contributed by atoms with Gasteiger partial charge < -0.3 is 10.1 Å². The quantitative estimate of drug-likeness (QED) is 0.297. The van der Waals surface area contributed by atoms with E-state index in [2.05, 4.69) is 83.3 Å². The van der Waals surface area contributed by atoms with Gasteiger partial charge in [0.15, 0.2) is 0 Å². The fourth-order valence-electron chi connectivity index (χ4n) is 3.82. The number of hydrogen-bond donors (Lipinski definition) is 1. The van der Waals surface area contributed by atoms with Crippen molar-refractivity contribution in [3.05, 3.63) is 100 Å². The summed E-state index contributed by atoms with van der Waals surface area (Å²) in [5.74, 6) is 0.913. The molecule has 0 saturated heterocycles. The van der Waals surface area contributed by atoms with Crippen LogP contribution in [0.15, 0.2) is 78.9 Å². The minimum absolute atomic E-state index is 0.0529. The number of anilines is 2. The Morgan fingerprint density at radius 1 is 0.657 bits per heavy atom. The Morgan fingerprint density at radius 3 is 1.86 bits per heavy atom. The molecule has 0 aliphatic rings. The number of para-hydroxylation sites is 2. The standard InChI is InChI=1S/C16H17Cl2N.C15H18O/c1-16(2,3)11-7-4-5-10-14(11)19-15-12(17)8-6-9-13(15)18;1-15(2,3)13-7-5-12-10-14(16-4)8-6-11(12)9-13/h4-10,19H,1-3H3;5-10H,1-4H3. The van der Waals surface area contributed by atoms with Crippen molar-refractivity contribution in [2.45, 2.75) is 52.4 Å². The van der Waals surface area contributed by atoms with Crippen molar-refractivity contribution in [1.82, 2.24) is 0 Å². The molecule has 0 heterocycles. The molecule has 0 bridgehead atoms. The van der Waals surface area contributed by atoms with Crippen LogP contribution in [0.4, 0.5) is 11.4 Å². The second kappa shape index (κ2) is 10.9. The molecule has 0 fully saturated rings. The summed E-state index contributed by atoms with van der Waals surface area (Å²) < 4.78 is 5.22. The predicted molar refractivity (Wildman–Crippen MR) is 154 cm³/mol. The Labute approximate surface area is 220 Å². The van der Waals surface area contributed by atoms with E-state index in [0.717, 1.165) is 17.1 Å². The Bertz CT molecular complexity index is 1280. The maximum absolute atomic E-state index is 6.20. The van der Waals surface area contributed by atoms with Crippen molar-refractivity contribution in [3.63, 3.8) is 0 Å². The van der Waals surface area contributed by atoms with Gasteiger partial charge in [0.2, 0.25) is 0 Å². The van der Waals surface area contributed by atoms with Crippen LogP contribution < -0.4 is 10.1 Å². The largest absolute Gasteiger partial charge is 0.497 e. The van der Waals surface area contributed by atoms with E-state index in [1.807, 2.05) is 42.5 Å². The SMILES string of the molecule is CC(C)(C)c1ccccc1Nc1c(Cl)cccc1Cl.COc1ccc2cc(C(C)(C)C)ccc2c1. The summed E-state index contributed by atoms with van der Waals surface area (Å²) in [6.07, 6.45) is 0. The molecule has 35 heavy (non-hydrogen) atoms. The second-order valence-electron chi connectivity index (χ2n) is 10.7. The summed E-state index contributed by atoms with van der Waals surface area (Å²) in [4.78, 5) is 0. The zero-order chi connectivity index (χ0) is 25.8. The van der Waals surface area contributed by atoms with Gasteiger partial charge in [-0.25, -0.2) is 0 Å². The average Bonchev–Trinajstić information content (AvgIpc) is 2.80. The van der Waals surface area contributed by atoms with Gasteiger partial charge >= 0.3 is 0 Å². The van der Waals surface area contributed by atoms with E-state index in [4.69, 9.17) is 27.9 Å². The molecule has 2 nitrogen and oxygen atoms in total. The number of fused-ring (bicyclic) bond motifs is 1. The first-order chi connectivity index (χ1) is 16.4. The first kappa shape index (κ1) is 26.9. The highest BCUT2D eigenvalue weighted by Crippen LogP contribution is 2.36. The van der Waals surface area contributed by atoms with E-state index < -0.39 is 0 Å². The molecule has 0 spiro atoms. The van der Waals surface area contributed by atoms with Gasteiger partial charge in [-0.1, -0.05) is 113 Å². The van der Waals surface area contributed by atoms with Gasteiger partial charge in [0.1, 0.15) is 5.75 Å². The zero-order valence-corrected chi connectivity index (χ0v) is 23.2. The Kier molecular flexibility index (Phi) is 8.41. The van der Waals surface area contributed by atoms with Crippen LogP contribution in [0.2, 0.25) is 10.0 Å². The highest BCUT2D eigenvalue weighted by Gasteiger charge is 2.18. The van der Waals surface area contributed by atoms with Crippen LogP contribution in [-0.4, -0.2) is 7.11 Å². The van der Waals surface area contributed by atoms with Crippen molar-refractivity contribution in [2.24, 2.45) is 0 Å². The van der Waals surface area contributed by atoms with Crippen LogP contribution in [0.1, 0.15) is 52.7 Å². The minimum Gasteiger partial charge on any atom is -0.497 e. The summed E-state index contributed by atoms with van der Waals surface area (Å²) in [5.41, 5.74) is 4.63. The first-order valence-electron chi connectivity index (χ1n) is 11.8. The van der Waals surface area contributed by atoms with Crippen LogP contribution in [0.5, 0.6) is 5.75 Å². The molecular formula is C31H35Cl2NO. The highest BCUT2D eigenvalue weighted by atomic mass is 35.5. The van der Waals surface area contributed by atoms with Gasteiger partial charge in [0.05, 0.1) is 22.8 Å². The third-order valence-corrected chi connectivity index (χ3v) is 6.50. The molecule has 4 heteroatoms. The lowest BCUT2D eigenvalue weighted by atomic mass is 9.86. The summed E-state index contributed by atoms with van der Waals surface area (Å²) >= 11 is 12.4. The molecule has 1 N–H and O–H groups in total. The normalized spacial score (nSPS) is 11.6. The number of ether oxygens (including phenoxy) is 1. The van der Waals surface area contributed by atoms with Gasteiger partial charge in [-0.2, -0.15) is 0 Å². The van der Waals surface area contributed by atoms with Crippen LogP contribution in [0.25, 0.3) is 10.8 Å². The van der Waals surface area contributed by atoms with E-state index >= 15 is 0 Å². The molecule has 0 unspecified atom stereocenters. The monoisotopic (exact) mass is 507 g/mol. The second-order valence-corrected chi connectivity index (χ2v) is 11.5. The van der Waals surface area contributed by atoms with Gasteiger partial charge in [0, 0.05) is 5.69 Å². The number of benzene rings is 4. The summed E-state index contributed by atoms with van der Waals surface area (Å²) in [7, 11) is 1.70. The van der Waals surface area contributed by atoms with Crippen molar-refractivity contribution in [3.8, 4) is 5.75 Å². The molecular weight excluding hydrogens is 473 g/mol. The van der Waals surface area contributed by atoms with E-state index in [1.54, 1.807) is 7.11 Å². The molecule has 4 rings (SSSR count). The van der Waals surface area contributed by atoms with Gasteiger partial charge in [0.25, 0.3) is 0 Å². The van der Waals surface area contributed by atoms with E-state index in [1.165, 1.54) is 21.9 Å². The number of hydrogen-bond acceptors (Lipinski definition) is 2.